The molecule has 7 heteroatoms. The number of hydrogen-bond acceptors (Lipinski definition) is 5. The van der Waals surface area contributed by atoms with Crippen molar-refractivity contribution in [2.45, 2.75) is 0 Å². The Bertz CT molecular complexity index is 700. The molecule has 22 heavy (non-hydrogen) atoms. The lowest BCUT2D eigenvalue weighted by Gasteiger charge is -2.10. The number of hydrogen-bond donors (Lipinski definition) is 0. The largest absolute Gasteiger partial charge is 0.493 e. The predicted molar refractivity (Wildman–Crippen MR) is 88.6 cm³/mol. The van der Waals surface area contributed by atoms with Crippen molar-refractivity contribution in [1.82, 2.24) is 0 Å². The van der Waals surface area contributed by atoms with E-state index in [-0.39, 0.29) is 23.8 Å². The molecule has 0 saturated carbocycles. The normalized spacial score (nSPS) is 10.1. The van der Waals surface area contributed by atoms with Gasteiger partial charge in [0.15, 0.2) is 23.9 Å². The Labute approximate surface area is 140 Å². The molecule has 0 heterocycles. The number of carbonyl (C=O) groups is 1. The first-order chi connectivity index (χ1) is 10.5. The highest BCUT2D eigenvalue weighted by atomic mass is 127. The third-order valence-electron chi connectivity index (χ3n) is 2.88. The maximum absolute atomic E-state index is 12.0. The topological polar surface area (TPSA) is 78.7 Å². The van der Waals surface area contributed by atoms with Crippen LogP contribution >= 0.6 is 22.6 Å². The van der Waals surface area contributed by atoms with E-state index in [9.17, 15) is 14.9 Å². The van der Waals surface area contributed by atoms with Crippen LogP contribution in [0.2, 0.25) is 0 Å². The van der Waals surface area contributed by atoms with Gasteiger partial charge in [0, 0.05) is 15.2 Å². The van der Waals surface area contributed by atoms with Gasteiger partial charge in [0.1, 0.15) is 0 Å². The Kier molecular flexibility index (Phi) is 5.31. The minimum absolute atomic E-state index is 0.127. The van der Waals surface area contributed by atoms with Crippen LogP contribution in [-0.4, -0.2) is 24.4 Å². The number of methoxy groups -OCH3 is 1. The summed E-state index contributed by atoms with van der Waals surface area (Å²) in [4.78, 5) is 22.3. The van der Waals surface area contributed by atoms with E-state index in [0.717, 1.165) is 3.57 Å². The van der Waals surface area contributed by atoms with E-state index in [0.29, 0.717) is 11.3 Å². The van der Waals surface area contributed by atoms with E-state index >= 15 is 0 Å². The second-order valence-corrected chi connectivity index (χ2v) is 5.56. The molecule has 2 rings (SSSR count). The van der Waals surface area contributed by atoms with Crippen molar-refractivity contribution in [3.8, 4) is 11.5 Å². The highest BCUT2D eigenvalue weighted by Gasteiger charge is 2.14. The molecule has 0 amide bonds. The second-order valence-electron chi connectivity index (χ2n) is 4.31. The number of non-ortho nitro benzene ring substituents is 1. The van der Waals surface area contributed by atoms with Gasteiger partial charge in [0.2, 0.25) is 0 Å². The number of ketones is 1. The van der Waals surface area contributed by atoms with Gasteiger partial charge in [-0.2, -0.15) is 0 Å². The number of halogens is 1. The van der Waals surface area contributed by atoms with Crippen LogP contribution in [0, 0.1) is 13.7 Å². The van der Waals surface area contributed by atoms with E-state index in [1.807, 2.05) is 12.1 Å². The molecule has 0 unspecified atom stereocenters. The maximum Gasteiger partial charge on any atom is 0.273 e. The van der Waals surface area contributed by atoms with Crippen LogP contribution in [0.3, 0.4) is 0 Å². The summed E-state index contributed by atoms with van der Waals surface area (Å²) in [7, 11) is 1.43. The average Bonchev–Trinajstić information content (AvgIpc) is 2.52. The molecule has 0 aliphatic rings. The molecule has 0 spiro atoms. The van der Waals surface area contributed by atoms with Crippen LogP contribution < -0.4 is 9.47 Å². The van der Waals surface area contributed by atoms with Crippen molar-refractivity contribution in [2.24, 2.45) is 0 Å². The van der Waals surface area contributed by atoms with Crippen molar-refractivity contribution < 1.29 is 19.2 Å². The van der Waals surface area contributed by atoms with Gasteiger partial charge in [-0.05, 0) is 40.8 Å². The van der Waals surface area contributed by atoms with Crippen LogP contribution in [0.1, 0.15) is 10.4 Å². The van der Waals surface area contributed by atoms with Crippen molar-refractivity contribution in [3.05, 3.63) is 61.7 Å². The summed E-state index contributed by atoms with van der Waals surface area (Å²) in [5.74, 6) is 0.279. The monoisotopic (exact) mass is 413 g/mol. The molecule has 0 fully saturated rings. The number of benzene rings is 2. The first-order valence-corrected chi connectivity index (χ1v) is 7.33. The van der Waals surface area contributed by atoms with Crippen molar-refractivity contribution >= 4 is 34.1 Å². The van der Waals surface area contributed by atoms with E-state index < -0.39 is 4.92 Å². The van der Waals surface area contributed by atoms with Gasteiger partial charge in [-0.15, -0.1) is 0 Å². The molecule has 0 aliphatic carbocycles. The van der Waals surface area contributed by atoms with E-state index in [1.165, 1.54) is 25.3 Å². The van der Waals surface area contributed by atoms with Gasteiger partial charge in [0.05, 0.1) is 18.1 Å². The Hall–Kier alpha value is -2.16. The number of ether oxygens (including phenoxy) is 2. The average molecular weight is 413 g/mol. The van der Waals surface area contributed by atoms with Gasteiger partial charge in [0.25, 0.3) is 5.69 Å². The SMILES string of the molecule is COc1ccc([N+](=O)[O-])cc1OCC(=O)c1ccc(I)cc1. The van der Waals surface area contributed by atoms with Crippen molar-refractivity contribution in [2.75, 3.05) is 13.7 Å². The maximum atomic E-state index is 12.0. The van der Waals surface area contributed by atoms with Crippen LogP contribution in [0.4, 0.5) is 5.69 Å². The van der Waals surface area contributed by atoms with Crippen LogP contribution in [0.5, 0.6) is 11.5 Å². The standard InChI is InChI=1S/C15H12INO5/c1-21-14-7-6-12(17(19)20)8-15(14)22-9-13(18)10-2-4-11(16)5-3-10/h2-8H,9H2,1H3. The Balaban J connectivity index is 2.13. The molecule has 0 aliphatic heterocycles. The first-order valence-electron chi connectivity index (χ1n) is 6.25. The molecule has 114 valence electrons. The summed E-state index contributed by atoms with van der Waals surface area (Å²) in [6.45, 7) is -0.224. The third-order valence-corrected chi connectivity index (χ3v) is 3.60. The van der Waals surface area contributed by atoms with E-state index in [1.54, 1.807) is 12.1 Å². The molecule has 0 bridgehead atoms. The molecule has 0 radical (unpaired) electrons. The second kappa shape index (κ2) is 7.21. The van der Waals surface area contributed by atoms with Gasteiger partial charge < -0.3 is 9.47 Å². The number of nitro groups is 1. The molecular formula is C15H12INO5. The minimum atomic E-state index is -0.534. The number of nitro benzene ring substituents is 1. The minimum Gasteiger partial charge on any atom is -0.493 e. The molecule has 6 nitrogen and oxygen atoms in total. The smallest absolute Gasteiger partial charge is 0.273 e. The zero-order valence-corrected chi connectivity index (χ0v) is 13.8. The summed E-state index contributed by atoms with van der Waals surface area (Å²) in [5, 5.41) is 10.8. The number of rotatable bonds is 6. The fraction of sp³-hybridized carbons (Fsp3) is 0.133. The zero-order valence-electron chi connectivity index (χ0n) is 11.6. The Morgan fingerprint density at radius 3 is 2.45 bits per heavy atom. The summed E-state index contributed by atoms with van der Waals surface area (Å²) in [6.07, 6.45) is 0. The van der Waals surface area contributed by atoms with Crippen LogP contribution in [-0.2, 0) is 0 Å². The van der Waals surface area contributed by atoms with Gasteiger partial charge in [-0.3, -0.25) is 14.9 Å². The number of nitrogens with zero attached hydrogens (tertiary/aromatic N) is 1. The first kappa shape index (κ1) is 16.2. The van der Waals surface area contributed by atoms with Gasteiger partial charge >= 0.3 is 0 Å². The third kappa shape index (κ3) is 3.94. The highest BCUT2D eigenvalue weighted by molar-refractivity contribution is 14.1. The molecule has 2 aromatic rings. The Morgan fingerprint density at radius 2 is 1.86 bits per heavy atom. The summed E-state index contributed by atoms with van der Waals surface area (Å²) >= 11 is 2.15. The molecule has 0 aromatic heterocycles. The Morgan fingerprint density at radius 1 is 1.18 bits per heavy atom. The van der Waals surface area contributed by atoms with Crippen LogP contribution in [0.15, 0.2) is 42.5 Å². The molecular weight excluding hydrogens is 401 g/mol. The lowest BCUT2D eigenvalue weighted by Crippen LogP contribution is -2.12. The fourth-order valence-corrected chi connectivity index (χ4v) is 2.11. The number of carbonyl (C=O) groups excluding carboxylic acids is 1. The molecule has 0 N–H and O–H groups in total. The van der Waals surface area contributed by atoms with Gasteiger partial charge in [-0.25, -0.2) is 0 Å². The predicted octanol–water partition coefficient (Wildman–Crippen LogP) is 3.47. The summed E-state index contributed by atoms with van der Waals surface area (Å²) in [5.41, 5.74) is 0.391. The van der Waals surface area contributed by atoms with E-state index in [2.05, 4.69) is 22.6 Å². The number of Topliss-reactive ketones (excluding diaryl/α,β-unsaturated/α-hetero) is 1. The lowest BCUT2D eigenvalue weighted by atomic mass is 10.1. The molecule has 0 saturated heterocycles. The van der Waals surface area contributed by atoms with Crippen molar-refractivity contribution in [3.63, 3.8) is 0 Å². The van der Waals surface area contributed by atoms with Crippen LogP contribution in [0.25, 0.3) is 0 Å². The van der Waals surface area contributed by atoms with Crippen molar-refractivity contribution in [1.29, 1.82) is 0 Å². The quantitative estimate of drug-likeness (QED) is 0.314. The summed E-state index contributed by atoms with van der Waals surface area (Å²) < 4.78 is 11.5. The zero-order chi connectivity index (χ0) is 16.1. The highest BCUT2D eigenvalue weighted by Crippen LogP contribution is 2.31. The summed E-state index contributed by atoms with van der Waals surface area (Å²) in [6, 6.07) is 11.0. The molecule has 2 aromatic carbocycles. The van der Waals surface area contributed by atoms with E-state index in [4.69, 9.17) is 9.47 Å². The fourth-order valence-electron chi connectivity index (χ4n) is 1.75. The molecule has 0 atom stereocenters. The lowest BCUT2D eigenvalue weighted by molar-refractivity contribution is -0.385. The van der Waals surface area contributed by atoms with Gasteiger partial charge in [-0.1, -0.05) is 12.1 Å².